The summed E-state index contributed by atoms with van der Waals surface area (Å²) in [7, 11) is -3.64. The van der Waals surface area contributed by atoms with E-state index in [1.54, 1.807) is 6.07 Å². The summed E-state index contributed by atoms with van der Waals surface area (Å²) >= 11 is 11.0. The van der Waals surface area contributed by atoms with E-state index in [2.05, 4.69) is 6.92 Å². The molecule has 0 saturated carbocycles. The first kappa shape index (κ1) is 16.7. The molecule has 0 spiro atoms. The lowest BCUT2D eigenvalue weighted by Gasteiger charge is -2.35. The third-order valence-electron chi connectivity index (χ3n) is 3.86. The molecule has 116 valence electrons. The highest BCUT2D eigenvalue weighted by Crippen LogP contribution is 2.31. The van der Waals surface area contributed by atoms with Crippen LogP contribution in [-0.2, 0) is 10.0 Å². The standard InChI is InChI=1S/C14H19ClN2O2S2/c1-9-3-4-10(2)17(8-9)21(18,19)13-7-11(14(16)20)5-6-12(13)15/h5-7,9-10H,3-4,8H2,1-2H3,(H2,16,20). The van der Waals surface area contributed by atoms with Gasteiger partial charge in [0.1, 0.15) is 9.88 Å². The molecule has 2 rings (SSSR count). The maximum atomic E-state index is 12.9. The Morgan fingerprint density at radius 3 is 2.67 bits per heavy atom. The van der Waals surface area contributed by atoms with E-state index in [4.69, 9.17) is 29.6 Å². The van der Waals surface area contributed by atoms with Crippen molar-refractivity contribution in [1.82, 2.24) is 4.31 Å². The molecule has 7 heteroatoms. The van der Waals surface area contributed by atoms with Crippen molar-refractivity contribution in [2.24, 2.45) is 11.7 Å². The number of hydrogen-bond donors (Lipinski definition) is 1. The van der Waals surface area contributed by atoms with Crippen molar-refractivity contribution in [3.8, 4) is 0 Å². The Morgan fingerprint density at radius 2 is 2.05 bits per heavy atom. The zero-order chi connectivity index (χ0) is 15.8. The summed E-state index contributed by atoms with van der Waals surface area (Å²) in [5, 5.41) is 0.195. The zero-order valence-electron chi connectivity index (χ0n) is 12.0. The number of sulfonamides is 1. The number of nitrogens with two attached hydrogens (primary N) is 1. The first-order valence-electron chi connectivity index (χ1n) is 6.84. The summed E-state index contributed by atoms with van der Waals surface area (Å²) in [5.41, 5.74) is 6.09. The molecule has 1 heterocycles. The van der Waals surface area contributed by atoms with Gasteiger partial charge in [-0.25, -0.2) is 8.42 Å². The predicted molar refractivity (Wildman–Crippen MR) is 89.1 cm³/mol. The molecule has 0 radical (unpaired) electrons. The van der Waals surface area contributed by atoms with E-state index in [1.165, 1.54) is 16.4 Å². The molecule has 1 fully saturated rings. The fourth-order valence-corrected chi connectivity index (χ4v) is 4.97. The smallest absolute Gasteiger partial charge is 0.244 e. The van der Waals surface area contributed by atoms with Crippen molar-refractivity contribution < 1.29 is 8.42 Å². The number of halogens is 1. The van der Waals surface area contributed by atoms with Crippen LogP contribution < -0.4 is 5.73 Å². The van der Waals surface area contributed by atoms with Crippen LogP contribution in [0.25, 0.3) is 0 Å². The summed E-state index contributed by atoms with van der Waals surface area (Å²) in [4.78, 5) is 0.235. The Kier molecular flexibility index (Phi) is 4.92. The number of nitrogens with zero attached hydrogens (tertiary/aromatic N) is 1. The fraction of sp³-hybridized carbons (Fsp3) is 0.500. The van der Waals surface area contributed by atoms with Gasteiger partial charge in [0.05, 0.1) is 5.02 Å². The molecule has 0 aliphatic carbocycles. The summed E-state index contributed by atoms with van der Waals surface area (Å²) in [5.74, 6) is 0.341. The molecule has 1 aromatic rings. The second kappa shape index (κ2) is 6.20. The SMILES string of the molecule is CC1CCC(C)N(S(=O)(=O)c2cc(C(N)=S)ccc2Cl)C1. The summed E-state index contributed by atoms with van der Waals surface area (Å²) < 4.78 is 27.3. The van der Waals surface area contributed by atoms with E-state index in [0.29, 0.717) is 18.0 Å². The third-order valence-corrected chi connectivity index (χ3v) is 6.56. The molecule has 1 aliphatic heterocycles. The largest absolute Gasteiger partial charge is 0.389 e. The molecule has 2 N–H and O–H groups in total. The molecule has 0 aromatic heterocycles. The van der Waals surface area contributed by atoms with Crippen molar-refractivity contribution in [3.05, 3.63) is 28.8 Å². The number of thiocarbonyl (C=S) groups is 1. The maximum absolute atomic E-state index is 12.9. The molecule has 0 amide bonds. The van der Waals surface area contributed by atoms with Crippen molar-refractivity contribution in [2.45, 2.75) is 37.6 Å². The number of rotatable bonds is 3. The van der Waals surface area contributed by atoms with Gasteiger partial charge < -0.3 is 5.73 Å². The van der Waals surface area contributed by atoms with E-state index in [1.807, 2.05) is 6.92 Å². The average molecular weight is 347 g/mol. The molecule has 2 unspecified atom stereocenters. The molecule has 0 bridgehead atoms. The summed E-state index contributed by atoms with van der Waals surface area (Å²) in [6.07, 6.45) is 1.89. The topological polar surface area (TPSA) is 63.4 Å². The van der Waals surface area contributed by atoms with Gasteiger partial charge in [-0.2, -0.15) is 4.31 Å². The first-order chi connectivity index (χ1) is 9.73. The van der Waals surface area contributed by atoms with Gasteiger partial charge in [-0.3, -0.25) is 0 Å². The molecular formula is C14H19ClN2O2S2. The van der Waals surface area contributed by atoms with E-state index in [0.717, 1.165) is 12.8 Å². The maximum Gasteiger partial charge on any atom is 0.244 e. The van der Waals surface area contributed by atoms with E-state index >= 15 is 0 Å². The van der Waals surface area contributed by atoms with Crippen LogP contribution in [0.1, 0.15) is 32.3 Å². The van der Waals surface area contributed by atoms with Gasteiger partial charge >= 0.3 is 0 Å². The van der Waals surface area contributed by atoms with Gasteiger partial charge in [0.25, 0.3) is 0 Å². The quantitative estimate of drug-likeness (QED) is 0.855. The van der Waals surface area contributed by atoms with Crippen LogP contribution in [0.3, 0.4) is 0 Å². The lowest BCUT2D eigenvalue weighted by molar-refractivity contribution is 0.218. The van der Waals surface area contributed by atoms with Crippen LogP contribution in [0.2, 0.25) is 5.02 Å². The van der Waals surface area contributed by atoms with Gasteiger partial charge in [0.2, 0.25) is 10.0 Å². The number of benzene rings is 1. The van der Waals surface area contributed by atoms with Gasteiger partial charge in [-0.15, -0.1) is 0 Å². The fourth-order valence-electron chi connectivity index (χ4n) is 2.56. The Labute approximate surface area is 136 Å². The van der Waals surface area contributed by atoms with Crippen LogP contribution in [0.4, 0.5) is 0 Å². The van der Waals surface area contributed by atoms with Crippen LogP contribution >= 0.6 is 23.8 Å². The Hall–Kier alpha value is -0.690. The van der Waals surface area contributed by atoms with E-state index in [9.17, 15) is 8.42 Å². The lowest BCUT2D eigenvalue weighted by Crippen LogP contribution is -2.44. The van der Waals surface area contributed by atoms with Crippen LogP contribution in [-0.4, -0.2) is 30.3 Å². The highest BCUT2D eigenvalue weighted by molar-refractivity contribution is 7.89. The summed E-state index contributed by atoms with van der Waals surface area (Å²) in [6, 6.07) is 4.59. The van der Waals surface area contributed by atoms with Crippen LogP contribution in [0, 0.1) is 5.92 Å². The van der Waals surface area contributed by atoms with Crippen molar-refractivity contribution in [3.63, 3.8) is 0 Å². The van der Waals surface area contributed by atoms with E-state index < -0.39 is 10.0 Å². The predicted octanol–water partition coefficient (Wildman–Crippen LogP) is 2.78. The Morgan fingerprint density at radius 1 is 1.38 bits per heavy atom. The van der Waals surface area contributed by atoms with Crippen molar-refractivity contribution in [2.75, 3.05) is 6.54 Å². The second-order valence-corrected chi connectivity index (χ2v) is 8.32. The van der Waals surface area contributed by atoms with E-state index in [-0.39, 0.29) is 20.9 Å². The minimum atomic E-state index is -3.64. The van der Waals surface area contributed by atoms with Crippen LogP contribution in [0.15, 0.2) is 23.1 Å². The Balaban J connectivity index is 2.48. The molecular weight excluding hydrogens is 328 g/mol. The number of hydrogen-bond acceptors (Lipinski definition) is 3. The first-order valence-corrected chi connectivity index (χ1v) is 9.07. The number of piperidine rings is 1. The van der Waals surface area contributed by atoms with Gasteiger partial charge in [0.15, 0.2) is 0 Å². The molecule has 4 nitrogen and oxygen atoms in total. The molecule has 2 atom stereocenters. The van der Waals surface area contributed by atoms with Crippen LogP contribution in [0.5, 0.6) is 0 Å². The molecule has 1 saturated heterocycles. The lowest BCUT2D eigenvalue weighted by atomic mass is 9.97. The summed E-state index contributed by atoms with van der Waals surface area (Å²) in [6.45, 7) is 4.49. The van der Waals surface area contributed by atoms with Gasteiger partial charge in [0, 0.05) is 18.2 Å². The molecule has 1 aromatic carbocycles. The van der Waals surface area contributed by atoms with Gasteiger partial charge in [-0.1, -0.05) is 36.8 Å². The minimum Gasteiger partial charge on any atom is -0.389 e. The minimum absolute atomic E-state index is 0.0317. The molecule has 21 heavy (non-hydrogen) atoms. The Bertz CT molecular complexity index is 661. The van der Waals surface area contributed by atoms with Crippen molar-refractivity contribution in [1.29, 1.82) is 0 Å². The normalized spacial score (nSPS) is 24.0. The average Bonchev–Trinajstić information content (AvgIpc) is 2.41. The second-order valence-electron chi connectivity index (χ2n) is 5.62. The monoisotopic (exact) mass is 346 g/mol. The third kappa shape index (κ3) is 3.39. The highest BCUT2D eigenvalue weighted by atomic mass is 35.5. The van der Waals surface area contributed by atoms with Crippen molar-refractivity contribution >= 4 is 38.8 Å². The van der Waals surface area contributed by atoms with Gasteiger partial charge in [-0.05, 0) is 37.8 Å². The highest BCUT2D eigenvalue weighted by Gasteiger charge is 2.34. The molecule has 1 aliphatic rings. The zero-order valence-corrected chi connectivity index (χ0v) is 14.4.